The van der Waals surface area contributed by atoms with E-state index in [2.05, 4.69) is 25.9 Å². The molecule has 2 N–H and O–H groups in total. The minimum Gasteiger partial charge on any atom is -0.384 e. The smallest absolute Gasteiger partial charge is 0.161 e. The predicted molar refractivity (Wildman–Crippen MR) is 71.6 cm³/mol. The summed E-state index contributed by atoms with van der Waals surface area (Å²) in [6.07, 6.45) is 2.43. The highest BCUT2D eigenvalue weighted by molar-refractivity contribution is 9.10. The molecule has 0 bridgehead atoms. The maximum absolute atomic E-state index is 5.84. The van der Waals surface area contributed by atoms with E-state index in [1.165, 1.54) is 12.8 Å². The average molecular weight is 290 g/mol. The molecule has 0 aliphatic heterocycles. The number of nitrogens with zero attached hydrogens (tertiary/aromatic N) is 2. The zero-order valence-electron chi connectivity index (χ0n) is 9.23. The summed E-state index contributed by atoms with van der Waals surface area (Å²) < 4.78 is 1.02. The van der Waals surface area contributed by atoms with Crippen LogP contribution in [0, 0.1) is 0 Å². The molecular formula is C13H12BrN3. The predicted octanol–water partition coefficient (Wildman–Crippen LogP) is 3.37. The third-order valence-corrected chi connectivity index (χ3v) is 3.34. The Morgan fingerprint density at radius 3 is 2.71 bits per heavy atom. The summed E-state index contributed by atoms with van der Waals surface area (Å²) in [4.78, 5) is 8.90. The van der Waals surface area contributed by atoms with Crippen molar-refractivity contribution in [3.8, 4) is 11.4 Å². The SMILES string of the molecule is Nc1cc(C2CC2)nc(-c2cccc(Br)c2)n1. The van der Waals surface area contributed by atoms with E-state index in [0.29, 0.717) is 17.6 Å². The van der Waals surface area contributed by atoms with E-state index in [0.717, 1.165) is 15.7 Å². The number of nitrogen functional groups attached to an aromatic ring is 1. The quantitative estimate of drug-likeness (QED) is 0.922. The first kappa shape index (κ1) is 10.7. The van der Waals surface area contributed by atoms with Crippen molar-refractivity contribution in [2.24, 2.45) is 0 Å². The summed E-state index contributed by atoms with van der Waals surface area (Å²) in [7, 11) is 0. The van der Waals surface area contributed by atoms with Crippen molar-refractivity contribution in [2.75, 3.05) is 5.73 Å². The molecule has 1 aliphatic rings. The number of aromatic nitrogens is 2. The Hall–Kier alpha value is -1.42. The number of hydrogen-bond donors (Lipinski definition) is 1. The van der Waals surface area contributed by atoms with Crippen LogP contribution in [0.5, 0.6) is 0 Å². The largest absolute Gasteiger partial charge is 0.384 e. The molecule has 86 valence electrons. The molecule has 1 aromatic heterocycles. The number of hydrogen-bond acceptors (Lipinski definition) is 3. The molecule has 1 saturated carbocycles. The van der Waals surface area contributed by atoms with Gasteiger partial charge in [0.25, 0.3) is 0 Å². The molecule has 0 amide bonds. The zero-order valence-corrected chi connectivity index (χ0v) is 10.8. The minimum atomic E-state index is 0.553. The van der Waals surface area contributed by atoms with Gasteiger partial charge in [-0.3, -0.25) is 0 Å². The van der Waals surface area contributed by atoms with Crippen molar-refractivity contribution in [1.29, 1.82) is 0 Å². The van der Waals surface area contributed by atoms with E-state index in [1.54, 1.807) is 0 Å². The average Bonchev–Trinajstić information content (AvgIpc) is 3.12. The first-order valence-electron chi connectivity index (χ1n) is 5.63. The normalized spacial score (nSPS) is 14.9. The van der Waals surface area contributed by atoms with Crippen LogP contribution in [0.3, 0.4) is 0 Å². The van der Waals surface area contributed by atoms with Crippen LogP contribution in [0.25, 0.3) is 11.4 Å². The van der Waals surface area contributed by atoms with Gasteiger partial charge in [-0.15, -0.1) is 0 Å². The number of anilines is 1. The van der Waals surface area contributed by atoms with E-state index in [9.17, 15) is 0 Å². The van der Waals surface area contributed by atoms with Gasteiger partial charge < -0.3 is 5.73 Å². The third kappa shape index (κ3) is 2.31. The van der Waals surface area contributed by atoms with E-state index in [4.69, 9.17) is 5.73 Å². The summed E-state index contributed by atoms with van der Waals surface area (Å²) in [5.41, 5.74) is 7.91. The van der Waals surface area contributed by atoms with Crippen LogP contribution < -0.4 is 5.73 Å². The molecule has 3 nitrogen and oxygen atoms in total. The highest BCUT2D eigenvalue weighted by Crippen LogP contribution is 2.39. The Morgan fingerprint density at radius 2 is 2.00 bits per heavy atom. The van der Waals surface area contributed by atoms with Crippen molar-refractivity contribution < 1.29 is 0 Å². The Balaban J connectivity index is 2.07. The maximum Gasteiger partial charge on any atom is 0.161 e. The summed E-state index contributed by atoms with van der Waals surface area (Å²) >= 11 is 3.45. The summed E-state index contributed by atoms with van der Waals surface area (Å²) in [6, 6.07) is 9.85. The van der Waals surface area contributed by atoms with Crippen LogP contribution >= 0.6 is 15.9 Å². The van der Waals surface area contributed by atoms with Crippen LogP contribution in [0.4, 0.5) is 5.82 Å². The Kier molecular flexibility index (Phi) is 2.59. The van der Waals surface area contributed by atoms with Crippen LogP contribution in [0.15, 0.2) is 34.8 Å². The lowest BCUT2D eigenvalue weighted by Gasteiger charge is -2.05. The summed E-state index contributed by atoms with van der Waals surface area (Å²) in [5.74, 6) is 1.86. The molecule has 0 radical (unpaired) electrons. The second-order valence-electron chi connectivity index (χ2n) is 4.33. The van der Waals surface area contributed by atoms with Gasteiger partial charge in [0.05, 0.1) is 0 Å². The van der Waals surface area contributed by atoms with Crippen molar-refractivity contribution in [1.82, 2.24) is 9.97 Å². The Bertz CT molecular complexity index is 564. The third-order valence-electron chi connectivity index (χ3n) is 2.84. The van der Waals surface area contributed by atoms with Crippen molar-refractivity contribution in [2.45, 2.75) is 18.8 Å². The van der Waals surface area contributed by atoms with Crippen LogP contribution in [0.1, 0.15) is 24.5 Å². The lowest BCUT2D eigenvalue weighted by atomic mass is 10.2. The standard InChI is InChI=1S/C13H12BrN3/c14-10-3-1-2-9(6-10)13-16-11(8-4-5-8)7-12(15)17-13/h1-3,6-8H,4-5H2,(H2,15,16,17). The number of benzene rings is 1. The van der Waals surface area contributed by atoms with Gasteiger partial charge in [-0.05, 0) is 25.0 Å². The second kappa shape index (κ2) is 4.11. The van der Waals surface area contributed by atoms with Gasteiger partial charge in [-0.25, -0.2) is 9.97 Å². The molecule has 0 unspecified atom stereocenters. The molecular weight excluding hydrogens is 278 g/mol. The van der Waals surface area contributed by atoms with Gasteiger partial charge in [-0.2, -0.15) is 0 Å². The zero-order chi connectivity index (χ0) is 11.8. The van der Waals surface area contributed by atoms with Gasteiger partial charge in [0, 0.05) is 27.7 Å². The molecule has 17 heavy (non-hydrogen) atoms. The van der Waals surface area contributed by atoms with E-state index in [1.807, 2.05) is 30.3 Å². The van der Waals surface area contributed by atoms with Gasteiger partial charge in [0.2, 0.25) is 0 Å². The Labute approximate surface area is 108 Å². The lowest BCUT2D eigenvalue weighted by Crippen LogP contribution is -1.99. The number of rotatable bonds is 2. The van der Waals surface area contributed by atoms with E-state index < -0.39 is 0 Å². The van der Waals surface area contributed by atoms with Gasteiger partial charge in [0.15, 0.2) is 5.82 Å². The lowest BCUT2D eigenvalue weighted by molar-refractivity contribution is 0.998. The van der Waals surface area contributed by atoms with Crippen molar-refractivity contribution in [3.05, 3.63) is 40.5 Å². The molecule has 4 heteroatoms. The molecule has 1 heterocycles. The van der Waals surface area contributed by atoms with E-state index in [-0.39, 0.29) is 0 Å². The molecule has 1 aromatic carbocycles. The van der Waals surface area contributed by atoms with Crippen LogP contribution in [0.2, 0.25) is 0 Å². The number of nitrogens with two attached hydrogens (primary N) is 1. The fourth-order valence-electron chi connectivity index (χ4n) is 1.83. The van der Waals surface area contributed by atoms with Crippen molar-refractivity contribution in [3.63, 3.8) is 0 Å². The summed E-state index contributed by atoms with van der Waals surface area (Å²) in [5, 5.41) is 0. The van der Waals surface area contributed by atoms with E-state index >= 15 is 0 Å². The molecule has 1 aliphatic carbocycles. The highest BCUT2D eigenvalue weighted by Gasteiger charge is 2.26. The molecule has 2 aromatic rings. The minimum absolute atomic E-state index is 0.553. The topological polar surface area (TPSA) is 51.8 Å². The fraction of sp³-hybridized carbons (Fsp3) is 0.231. The first-order valence-corrected chi connectivity index (χ1v) is 6.42. The Morgan fingerprint density at radius 1 is 1.18 bits per heavy atom. The monoisotopic (exact) mass is 289 g/mol. The van der Waals surface area contributed by atoms with Gasteiger partial charge >= 0.3 is 0 Å². The number of halogens is 1. The summed E-state index contributed by atoms with van der Waals surface area (Å²) in [6.45, 7) is 0. The molecule has 0 saturated heterocycles. The first-order chi connectivity index (χ1) is 8.22. The fourth-order valence-corrected chi connectivity index (χ4v) is 2.23. The van der Waals surface area contributed by atoms with Crippen LogP contribution in [-0.4, -0.2) is 9.97 Å². The molecule has 0 spiro atoms. The maximum atomic E-state index is 5.84. The second-order valence-corrected chi connectivity index (χ2v) is 5.24. The van der Waals surface area contributed by atoms with Crippen LogP contribution in [-0.2, 0) is 0 Å². The molecule has 0 atom stereocenters. The van der Waals surface area contributed by atoms with Crippen molar-refractivity contribution >= 4 is 21.7 Å². The van der Waals surface area contributed by atoms with Gasteiger partial charge in [0.1, 0.15) is 5.82 Å². The van der Waals surface area contributed by atoms with Gasteiger partial charge in [-0.1, -0.05) is 28.1 Å². The molecule has 1 fully saturated rings. The highest BCUT2D eigenvalue weighted by atomic mass is 79.9. The molecule has 3 rings (SSSR count).